The van der Waals surface area contributed by atoms with Crippen molar-refractivity contribution in [3.8, 4) is 0 Å². The molecule has 0 radical (unpaired) electrons. The SMILES string of the molecule is COC(=O)C12CN(CCN(C(C)C)C(C)C)CC(C(=O)OC)(C1=O)C(c1ccccn1)N(C)C2c1ccccn1. The molecule has 0 saturated carbocycles. The Morgan fingerprint density at radius 3 is 1.70 bits per heavy atom. The summed E-state index contributed by atoms with van der Waals surface area (Å²) in [6, 6.07) is 9.80. The number of carbonyl (C=O) groups is 3. The second-order valence-corrected chi connectivity index (χ2v) is 11.4. The molecular weight excluding hydrogens is 510 g/mol. The van der Waals surface area contributed by atoms with E-state index in [1.807, 2.05) is 29.0 Å². The molecule has 4 heterocycles. The number of esters is 2. The number of hydrogen-bond donors (Lipinski definition) is 0. The number of ether oxygens (including phenoxy) is 2. The normalized spacial score (nSPS) is 27.3. The van der Waals surface area contributed by atoms with Gasteiger partial charge in [-0.2, -0.15) is 0 Å². The lowest BCUT2D eigenvalue weighted by molar-refractivity contribution is -0.204. The minimum absolute atomic E-state index is 0.0851. The largest absolute Gasteiger partial charge is 0.468 e. The van der Waals surface area contributed by atoms with E-state index in [-0.39, 0.29) is 13.1 Å². The van der Waals surface area contributed by atoms with Crippen LogP contribution in [-0.4, -0.2) is 102 Å². The highest BCUT2D eigenvalue weighted by Gasteiger charge is 2.75. The Hall–Kier alpha value is -3.21. The molecule has 2 fully saturated rings. The topological polar surface area (TPSA) is 105 Å². The Balaban J connectivity index is 1.97. The van der Waals surface area contributed by atoms with Gasteiger partial charge in [0, 0.05) is 50.7 Å². The lowest BCUT2D eigenvalue weighted by Crippen LogP contribution is -2.75. The molecule has 4 atom stereocenters. The molecule has 2 aliphatic heterocycles. The molecule has 2 aliphatic rings. The number of hydrogen-bond acceptors (Lipinski definition) is 10. The van der Waals surface area contributed by atoms with Crippen molar-refractivity contribution in [2.24, 2.45) is 10.8 Å². The van der Waals surface area contributed by atoms with Crippen LogP contribution < -0.4 is 0 Å². The first-order valence-corrected chi connectivity index (χ1v) is 13.8. The Morgan fingerprint density at radius 2 is 1.35 bits per heavy atom. The van der Waals surface area contributed by atoms with E-state index in [1.54, 1.807) is 36.7 Å². The van der Waals surface area contributed by atoms with Gasteiger partial charge >= 0.3 is 11.9 Å². The van der Waals surface area contributed by atoms with E-state index in [0.29, 0.717) is 36.6 Å². The van der Waals surface area contributed by atoms with E-state index in [0.717, 1.165) is 0 Å². The summed E-state index contributed by atoms with van der Waals surface area (Å²) in [6.45, 7) is 9.97. The van der Waals surface area contributed by atoms with Gasteiger partial charge in [0.2, 0.25) is 0 Å². The molecule has 2 bridgehead atoms. The van der Waals surface area contributed by atoms with Crippen LogP contribution in [0.2, 0.25) is 0 Å². The van der Waals surface area contributed by atoms with Gasteiger partial charge in [-0.25, -0.2) is 0 Å². The number of rotatable bonds is 9. The van der Waals surface area contributed by atoms with Gasteiger partial charge < -0.3 is 9.47 Å². The maximum Gasteiger partial charge on any atom is 0.322 e. The van der Waals surface area contributed by atoms with Gasteiger partial charge in [-0.15, -0.1) is 0 Å². The highest BCUT2D eigenvalue weighted by atomic mass is 16.5. The van der Waals surface area contributed by atoms with E-state index in [9.17, 15) is 14.4 Å². The molecule has 0 N–H and O–H groups in total. The molecule has 4 rings (SSSR count). The lowest BCUT2D eigenvalue weighted by Gasteiger charge is -2.60. The lowest BCUT2D eigenvalue weighted by atomic mass is 9.54. The third-order valence-electron chi connectivity index (χ3n) is 8.54. The fourth-order valence-corrected chi connectivity index (χ4v) is 7.00. The third kappa shape index (κ3) is 4.71. The highest BCUT2D eigenvalue weighted by Crippen LogP contribution is 2.60. The average Bonchev–Trinajstić information content (AvgIpc) is 2.94. The highest BCUT2D eigenvalue weighted by molar-refractivity contribution is 6.17. The molecule has 10 heteroatoms. The zero-order chi connectivity index (χ0) is 29.2. The van der Waals surface area contributed by atoms with Crippen molar-refractivity contribution >= 4 is 17.7 Å². The van der Waals surface area contributed by atoms with Crippen molar-refractivity contribution in [1.82, 2.24) is 24.7 Å². The summed E-state index contributed by atoms with van der Waals surface area (Å²) in [5.74, 6) is -1.90. The molecule has 0 aromatic carbocycles. The van der Waals surface area contributed by atoms with Gasteiger partial charge in [0.25, 0.3) is 0 Å². The molecule has 2 aromatic heterocycles. The van der Waals surface area contributed by atoms with Crippen LogP contribution in [0, 0.1) is 10.8 Å². The number of fused-ring (bicyclic) bond motifs is 2. The molecule has 2 saturated heterocycles. The number of pyridine rings is 2. The molecule has 4 unspecified atom stereocenters. The standard InChI is InChI=1S/C30H41N5O5/c1-20(2)35(21(3)4)17-16-34-18-29(27(37)39-6)24(22-12-8-10-14-31-22)33(5)25(23-13-9-11-15-32-23)30(19-34,26(29)36)28(38)40-7/h8-15,20-21,24-25H,16-19H2,1-7H3. The molecule has 0 spiro atoms. The van der Waals surface area contributed by atoms with Crippen LogP contribution >= 0.6 is 0 Å². The number of aromatic nitrogens is 2. The van der Waals surface area contributed by atoms with Crippen LogP contribution in [0.5, 0.6) is 0 Å². The summed E-state index contributed by atoms with van der Waals surface area (Å²) in [5, 5.41) is 0. The van der Waals surface area contributed by atoms with Gasteiger partial charge in [0.05, 0.1) is 37.7 Å². The molecule has 0 aliphatic carbocycles. The number of piperidine rings is 2. The first-order chi connectivity index (χ1) is 19.1. The Bertz CT molecular complexity index is 1120. The maximum absolute atomic E-state index is 14.9. The minimum Gasteiger partial charge on any atom is -0.468 e. The Morgan fingerprint density at radius 1 is 0.900 bits per heavy atom. The molecule has 0 amide bonds. The average molecular weight is 552 g/mol. The zero-order valence-corrected chi connectivity index (χ0v) is 24.5. The summed E-state index contributed by atoms with van der Waals surface area (Å²) < 4.78 is 10.7. The molecule has 40 heavy (non-hydrogen) atoms. The van der Waals surface area contributed by atoms with Crippen molar-refractivity contribution in [2.45, 2.75) is 51.9 Å². The van der Waals surface area contributed by atoms with Crippen LogP contribution in [0.25, 0.3) is 0 Å². The number of ketones is 1. The summed E-state index contributed by atoms with van der Waals surface area (Å²) in [7, 11) is 4.38. The summed E-state index contributed by atoms with van der Waals surface area (Å²) >= 11 is 0. The quantitative estimate of drug-likeness (QED) is 0.341. The van der Waals surface area contributed by atoms with Crippen LogP contribution in [-0.2, 0) is 23.9 Å². The predicted octanol–water partition coefficient (Wildman–Crippen LogP) is 2.53. The molecule has 2 aromatic rings. The van der Waals surface area contributed by atoms with Crippen molar-refractivity contribution in [3.05, 3.63) is 60.2 Å². The maximum atomic E-state index is 14.9. The van der Waals surface area contributed by atoms with Crippen molar-refractivity contribution < 1.29 is 23.9 Å². The van der Waals surface area contributed by atoms with Crippen LogP contribution in [0.3, 0.4) is 0 Å². The van der Waals surface area contributed by atoms with Gasteiger partial charge in [-0.1, -0.05) is 12.1 Å². The van der Waals surface area contributed by atoms with Crippen LogP contribution in [0.1, 0.15) is 51.2 Å². The summed E-state index contributed by atoms with van der Waals surface area (Å²) in [4.78, 5) is 58.3. The van der Waals surface area contributed by atoms with Crippen molar-refractivity contribution in [3.63, 3.8) is 0 Å². The number of nitrogens with zero attached hydrogens (tertiary/aromatic N) is 5. The molecule has 216 valence electrons. The Labute approximate surface area is 236 Å². The van der Waals surface area contributed by atoms with Gasteiger partial charge in [0.15, 0.2) is 16.6 Å². The van der Waals surface area contributed by atoms with Gasteiger partial charge in [-0.3, -0.25) is 39.1 Å². The van der Waals surface area contributed by atoms with Crippen molar-refractivity contribution in [1.29, 1.82) is 0 Å². The molecular formula is C30H41N5O5. The fourth-order valence-electron chi connectivity index (χ4n) is 7.00. The van der Waals surface area contributed by atoms with Crippen molar-refractivity contribution in [2.75, 3.05) is 47.4 Å². The first-order valence-electron chi connectivity index (χ1n) is 13.8. The number of likely N-dealkylation sites (tertiary alicyclic amines) is 2. The number of Topliss-reactive ketones (excluding diaryl/α,β-unsaturated/α-hetero) is 1. The van der Waals surface area contributed by atoms with Crippen LogP contribution in [0.15, 0.2) is 48.8 Å². The van der Waals surface area contributed by atoms with E-state index in [1.165, 1.54) is 14.2 Å². The number of carbonyl (C=O) groups excluding carboxylic acids is 3. The Kier molecular flexibility index (Phi) is 8.72. The fraction of sp³-hybridized carbons (Fsp3) is 0.567. The summed E-state index contributed by atoms with van der Waals surface area (Å²) in [5.41, 5.74) is -2.38. The van der Waals surface area contributed by atoms with Gasteiger partial charge in [-0.05, 0) is 59.0 Å². The summed E-state index contributed by atoms with van der Waals surface area (Å²) in [6.07, 6.45) is 3.28. The van der Waals surface area contributed by atoms with E-state index < -0.39 is 40.6 Å². The number of methoxy groups -OCH3 is 2. The van der Waals surface area contributed by atoms with Gasteiger partial charge in [0.1, 0.15) is 0 Å². The zero-order valence-electron chi connectivity index (χ0n) is 24.5. The second-order valence-electron chi connectivity index (χ2n) is 11.4. The first kappa shape index (κ1) is 29.8. The van der Waals surface area contributed by atoms with E-state index in [2.05, 4.69) is 42.6 Å². The molecule has 10 nitrogen and oxygen atoms in total. The third-order valence-corrected chi connectivity index (χ3v) is 8.54. The minimum atomic E-state index is -1.73. The predicted molar refractivity (Wildman–Crippen MR) is 149 cm³/mol. The monoisotopic (exact) mass is 551 g/mol. The second kappa shape index (κ2) is 11.7. The van der Waals surface area contributed by atoms with E-state index in [4.69, 9.17) is 9.47 Å². The van der Waals surface area contributed by atoms with E-state index >= 15 is 0 Å². The van der Waals surface area contributed by atoms with Crippen LogP contribution in [0.4, 0.5) is 0 Å². The smallest absolute Gasteiger partial charge is 0.322 e.